The van der Waals surface area contributed by atoms with Crippen molar-refractivity contribution in [3.8, 4) is 0 Å². The Bertz CT molecular complexity index is 136. The Kier molecular flexibility index (Phi) is 8.14. The van der Waals surface area contributed by atoms with Crippen LogP contribution in [0, 0.1) is 0 Å². The van der Waals surface area contributed by atoms with Crippen molar-refractivity contribution in [2.24, 2.45) is 0 Å². The Labute approximate surface area is 75.8 Å². The van der Waals surface area contributed by atoms with Gasteiger partial charge in [-0.15, -0.1) is 0 Å². The average molecular weight is 168 g/mol. The molecule has 0 aromatic rings. The maximum Gasteiger partial charge on any atom is 0.0468 e. The van der Waals surface area contributed by atoms with Crippen molar-refractivity contribution in [2.45, 2.75) is 39.0 Å². The van der Waals surface area contributed by atoms with Crippen LogP contribution >= 0.6 is 0 Å². The van der Waals surface area contributed by atoms with E-state index in [0.29, 0.717) is 0 Å². The molecule has 1 nitrogen and oxygen atoms in total. The highest BCUT2D eigenvalue weighted by atomic mass is 16.2. The highest BCUT2D eigenvalue weighted by Crippen LogP contribution is 2.04. The van der Waals surface area contributed by atoms with E-state index in [2.05, 4.69) is 25.7 Å². The summed E-state index contributed by atoms with van der Waals surface area (Å²) in [7, 11) is 0. The fourth-order valence-corrected chi connectivity index (χ4v) is 0.950. The van der Waals surface area contributed by atoms with Gasteiger partial charge in [-0.1, -0.05) is 44.1 Å². The molecule has 0 saturated heterocycles. The molecule has 0 heterocycles. The molecule has 0 aliphatic heterocycles. The van der Waals surface area contributed by atoms with Crippen molar-refractivity contribution >= 4 is 0 Å². The summed E-state index contributed by atoms with van der Waals surface area (Å²) in [5.74, 6) is 0. The number of unbranched alkanes of at least 4 members (excludes halogenated alkanes) is 2. The minimum absolute atomic E-state index is 0.224. The minimum atomic E-state index is 0.224. The standard InChI is InChI=1S/C11H20O/c1-3-4-5-6-7-8-11(2)9-10-12/h6-7,12H,2-5,8-10H2,1H3. The lowest BCUT2D eigenvalue weighted by atomic mass is 10.1. The summed E-state index contributed by atoms with van der Waals surface area (Å²) in [5, 5.41) is 8.59. The van der Waals surface area contributed by atoms with E-state index in [1.807, 2.05) is 0 Å². The average Bonchev–Trinajstić information content (AvgIpc) is 2.05. The van der Waals surface area contributed by atoms with Crippen LogP contribution in [0.2, 0.25) is 0 Å². The van der Waals surface area contributed by atoms with Gasteiger partial charge in [0.05, 0.1) is 0 Å². The van der Waals surface area contributed by atoms with Crippen molar-refractivity contribution in [1.29, 1.82) is 0 Å². The molecular weight excluding hydrogens is 148 g/mol. The Hall–Kier alpha value is -0.560. The third-order valence-electron chi connectivity index (χ3n) is 1.76. The first-order valence-electron chi connectivity index (χ1n) is 4.73. The topological polar surface area (TPSA) is 20.2 Å². The Morgan fingerprint density at radius 3 is 2.75 bits per heavy atom. The zero-order chi connectivity index (χ0) is 9.23. The van der Waals surface area contributed by atoms with E-state index >= 15 is 0 Å². The predicted octanol–water partition coefficient (Wildman–Crippen LogP) is 3.06. The second kappa shape index (κ2) is 8.54. The predicted molar refractivity (Wildman–Crippen MR) is 54.1 cm³/mol. The highest BCUT2D eigenvalue weighted by Gasteiger charge is 1.88. The summed E-state index contributed by atoms with van der Waals surface area (Å²) < 4.78 is 0. The van der Waals surface area contributed by atoms with Gasteiger partial charge in [-0.05, 0) is 19.3 Å². The van der Waals surface area contributed by atoms with Crippen molar-refractivity contribution < 1.29 is 5.11 Å². The number of aliphatic hydroxyl groups is 1. The van der Waals surface area contributed by atoms with Gasteiger partial charge in [0, 0.05) is 6.61 Å². The van der Waals surface area contributed by atoms with E-state index in [1.54, 1.807) is 0 Å². The second-order valence-electron chi connectivity index (χ2n) is 3.04. The molecule has 12 heavy (non-hydrogen) atoms. The largest absolute Gasteiger partial charge is 0.396 e. The van der Waals surface area contributed by atoms with Crippen molar-refractivity contribution in [2.75, 3.05) is 6.61 Å². The van der Waals surface area contributed by atoms with Crippen LogP contribution in [0.1, 0.15) is 39.0 Å². The van der Waals surface area contributed by atoms with Gasteiger partial charge < -0.3 is 5.11 Å². The zero-order valence-corrected chi connectivity index (χ0v) is 8.05. The summed E-state index contributed by atoms with van der Waals surface area (Å²) in [6.45, 7) is 6.27. The molecule has 0 aromatic carbocycles. The van der Waals surface area contributed by atoms with E-state index in [9.17, 15) is 0 Å². The van der Waals surface area contributed by atoms with Crippen LogP contribution in [-0.2, 0) is 0 Å². The number of allylic oxidation sites excluding steroid dienone is 2. The normalized spacial score (nSPS) is 10.8. The first kappa shape index (κ1) is 11.4. The van der Waals surface area contributed by atoms with Gasteiger partial charge >= 0.3 is 0 Å². The van der Waals surface area contributed by atoms with Crippen LogP contribution < -0.4 is 0 Å². The lowest BCUT2D eigenvalue weighted by molar-refractivity contribution is 0.298. The smallest absolute Gasteiger partial charge is 0.0468 e. The first-order valence-corrected chi connectivity index (χ1v) is 4.73. The molecule has 0 saturated carbocycles. The number of hydrogen-bond acceptors (Lipinski definition) is 1. The lowest BCUT2D eigenvalue weighted by Gasteiger charge is -1.97. The van der Waals surface area contributed by atoms with Gasteiger partial charge in [0.2, 0.25) is 0 Å². The van der Waals surface area contributed by atoms with E-state index in [1.165, 1.54) is 19.3 Å². The zero-order valence-electron chi connectivity index (χ0n) is 8.05. The number of hydrogen-bond donors (Lipinski definition) is 1. The molecule has 0 bridgehead atoms. The SMILES string of the molecule is C=C(CC=CCCCC)CCO. The molecule has 0 unspecified atom stereocenters. The molecule has 1 N–H and O–H groups in total. The van der Waals surface area contributed by atoms with Gasteiger partial charge in [-0.3, -0.25) is 0 Å². The third-order valence-corrected chi connectivity index (χ3v) is 1.76. The van der Waals surface area contributed by atoms with Crippen molar-refractivity contribution in [1.82, 2.24) is 0 Å². The Morgan fingerprint density at radius 2 is 2.17 bits per heavy atom. The molecule has 0 aliphatic carbocycles. The first-order chi connectivity index (χ1) is 5.81. The molecule has 0 amide bonds. The maximum absolute atomic E-state index is 8.59. The summed E-state index contributed by atoms with van der Waals surface area (Å²) in [5.41, 5.74) is 1.12. The van der Waals surface area contributed by atoms with Crippen molar-refractivity contribution in [3.63, 3.8) is 0 Å². The molecule has 0 atom stereocenters. The quantitative estimate of drug-likeness (QED) is 0.457. The molecule has 0 rings (SSSR count). The van der Waals surface area contributed by atoms with Gasteiger partial charge in [0.15, 0.2) is 0 Å². The molecular formula is C11H20O. The number of aliphatic hydroxyl groups excluding tert-OH is 1. The summed E-state index contributed by atoms with van der Waals surface area (Å²) >= 11 is 0. The molecule has 0 aromatic heterocycles. The number of rotatable bonds is 7. The van der Waals surface area contributed by atoms with E-state index in [4.69, 9.17) is 5.11 Å². The van der Waals surface area contributed by atoms with Crippen molar-refractivity contribution in [3.05, 3.63) is 24.3 Å². The Balaban J connectivity index is 3.27. The summed E-state index contributed by atoms with van der Waals surface area (Å²) in [6, 6.07) is 0. The minimum Gasteiger partial charge on any atom is -0.396 e. The van der Waals surface area contributed by atoms with Crippen LogP contribution in [0.5, 0.6) is 0 Å². The Morgan fingerprint density at radius 1 is 1.42 bits per heavy atom. The van der Waals surface area contributed by atoms with Gasteiger partial charge in [-0.2, -0.15) is 0 Å². The van der Waals surface area contributed by atoms with E-state index in [-0.39, 0.29) is 6.61 Å². The molecule has 70 valence electrons. The maximum atomic E-state index is 8.59. The molecule has 1 heteroatoms. The van der Waals surface area contributed by atoms with Crippen LogP contribution in [-0.4, -0.2) is 11.7 Å². The summed E-state index contributed by atoms with van der Waals surface area (Å²) in [4.78, 5) is 0. The fraction of sp³-hybridized carbons (Fsp3) is 0.636. The molecule has 0 aliphatic rings. The van der Waals surface area contributed by atoms with Gasteiger partial charge in [-0.25, -0.2) is 0 Å². The van der Waals surface area contributed by atoms with Crippen LogP contribution in [0.3, 0.4) is 0 Å². The van der Waals surface area contributed by atoms with Gasteiger partial charge in [0.25, 0.3) is 0 Å². The molecule has 0 spiro atoms. The van der Waals surface area contributed by atoms with Gasteiger partial charge in [0.1, 0.15) is 0 Å². The summed E-state index contributed by atoms with van der Waals surface area (Å²) in [6.07, 6.45) is 9.69. The lowest BCUT2D eigenvalue weighted by Crippen LogP contribution is -1.84. The monoisotopic (exact) mass is 168 g/mol. The van der Waals surface area contributed by atoms with E-state index < -0.39 is 0 Å². The molecule has 0 radical (unpaired) electrons. The van der Waals surface area contributed by atoms with Crippen LogP contribution in [0.15, 0.2) is 24.3 Å². The molecule has 0 fully saturated rings. The van der Waals surface area contributed by atoms with E-state index in [0.717, 1.165) is 18.4 Å². The van der Waals surface area contributed by atoms with Crippen LogP contribution in [0.4, 0.5) is 0 Å². The second-order valence-corrected chi connectivity index (χ2v) is 3.04. The highest BCUT2D eigenvalue weighted by molar-refractivity contribution is 5.01. The third kappa shape index (κ3) is 7.55. The fourth-order valence-electron chi connectivity index (χ4n) is 0.950. The van der Waals surface area contributed by atoms with Crippen LogP contribution in [0.25, 0.3) is 0 Å².